The van der Waals surface area contributed by atoms with Crippen LogP contribution in [0.25, 0.3) is 0 Å². The smallest absolute Gasteiger partial charge is 0.289 e. The number of aliphatic hydroxyl groups is 1. The van der Waals surface area contributed by atoms with Crippen LogP contribution in [0.4, 0.5) is 0 Å². The molecule has 7 nitrogen and oxygen atoms in total. The summed E-state index contributed by atoms with van der Waals surface area (Å²) in [6, 6.07) is 12.4. The predicted molar refractivity (Wildman–Crippen MR) is 134 cm³/mol. The lowest BCUT2D eigenvalue weighted by molar-refractivity contribution is -0.172. The first-order valence-electron chi connectivity index (χ1n) is 12.4. The van der Waals surface area contributed by atoms with Crippen molar-refractivity contribution in [1.82, 2.24) is 4.90 Å². The lowest BCUT2D eigenvalue weighted by Crippen LogP contribution is -2.42. The number of allylic oxidation sites excluding steroid dienone is 1. The molecule has 0 saturated heterocycles. The summed E-state index contributed by atoms with van der Waals surface area (Å²) >= 11 is 1.68. The lowest BCUT2D eigenvalue weighted by atomic mass is 9.85. The average molecular weight is 502 g/mol. The van der Waals surface area contributed by atoms with Crippen molar-refractivity contribution < 1.29 is 28.8 Å². The molecule has 1 aromatic heterocycles. The molecule has 8 heteroatoms. The Hall–Kier alpha value is -2.23. The quantitative estimate of drug-likeness (QED) is 0.447. The summed E-state index contributed by atoms with van der Waals surface area (Å²) in [4.78, 5) is 16.6. The van der Waals surface area contributed by atoms with Gasteiger partial charge in [-0.2, -0.15) is 0 Å². The van der Waals surface area contributed by atoms with Crippen LogP contribution in [0.3, 0.4) is 0 Å². The Morgan fingerprint density at radius 3 is 2.66 bits per heavy atom. The van der Waals surface area contributed by atoms with Crippen LogP contribution in [0.1, 0.15) is 35.3 Å². The number of fused-ring (bicyclic) bond motifs is 1. The van der Waals surface area contributed by atoms with Gasteiger partial charge in [-0.05, 0) is 48.4 Å². The number of aliphatic hydroxyl groups excluding tert-OH is 1. The molecule has 2 aliphatic rings. The Labute approximate surface area is 211 Å². The molecule has 190 valence electrons. The zero-order valence-corrected chi connectivity index (χ0v) is 21.1. The highest BCUT2D eigenvalue weighted by Crippen LogP contribution is 2.41. The van der Waals surface area contributed by atoms with Gasteiger partial charge < -0.3 is 29.0 Å². The summed E-state index contributed by atoms with van der Waals surface area (Å²) in [5.41, 5.74) is 2.50. The molecule has 0 radical (unpaired) electrons. The molecule has 1 N–H and O–H groups in total. The molecule has 0 aliphatic carbocycles. The fraction of sp³-hybridized carbons (Fsp3) is 0.519. The maximum absolute atomic E-state index is 13.5. The third-order valence-corrected chi connectivity index (χ3v) is 7.39. The molecular formula is C27H35NO6S. The van der Waals surface area contributed by atoms with Crippen molar-refractivity contribution in [3.8, 4) is 0 Å². The molecule has 0 saturated carbocycles. The normalized spacial score (nSPS) is 21.8. The molecule has 0 bridgehead atoms. The summed E-state index contributed by atoms with van der Waals surface area (Å²) in [5, 5.41) is 10.9. The fourth-order valence-electron chi connectivity index (χ4n) is 4.67. The van der Waals surface area contributed by atoms with E-state index in [0.717, 1.165) is 12.8 Å². The summed E-state index contributed by atoms with van der Waals surface area (Å²) in [5.74, 6) is 0.313. The van der Waals surface area contributed by atoms with Gasteiger partial charge in [0.1, 0.15) is 0 Å². The van der Waals surface area contributed by atoms with Crippen LogP contribution in [0, 0.1) is 5.92 Å². The van der Waals surface area contributed by atoms with Gasteiger partial charge in [0.25, 0.3) is 5.91 Å². The van der Waals surface area contributed by atoms with Crippen molar-refractivity contribution in [3.05, 3.63) is 69.6 Å². The zero-order valence-electron chi connectivity index (χ0n) is 20.3. The average Bonchev–Trinajstić information content (AvgIpc) is 3.43. The maximum atomic E-state index is 13.5. The third kappa shape index (κ3) is 6.71. The number of ether oxygens (including phenoxy) is 4. The fourth-order valence-corrected chi connectivity index (χ4v) is 5.54. The number of carbonyl (C=O) groups is 1. The second kappa shape index (κ2) is 13.2. The number of carbonyl (C=O) groups excluding carboxylic acids is 1. The largest absolute Gasteiger partial charge is 0.459 e. The first kappa shape index (κ1) is 25.9. The number of amides is 1. The molecule has 0 fully saturated rings. The van der Waals surface area contributed by atoms with Crippen LogP contribution in [0.2, 0.25) is 0 Å². The van der Waals surface area contributed by atoms with Crippen LogP contribution >= 0.6 is 11.3 Å². The van der Waals surface area contributed by atoms with Crippen molar-refractivity contribution in [2.24, 2.45) is 5.92 Å². The van der Waals surface area contributed by atoms with Gasteiger partial charge >= 0.3 is 0 Å². The van der Waals surface area contributed by atoms with E-state index in [9.17, 15) is 4.79 Å². The highest BCUT2D eigenvalue weighted by Gasteiger charge is 2.39. The Morgan fingerprint density at radius 2 is 1.91 bits per heavy atom. The number of nitrogens with zero attached hydrogens (tertiary/aromatic N) is 1. The molecule has 3 atom stereocenters. The Kier molecular flexibility index (Phi) is 9.74. The minimum Gasteiger partial charge on any atom is -0.459 e. The second-order valence-corrected chi connectivity index (χ2v) is 9.64. The van der Waals surface area contributed by atoms with E-state index in [1.165, 1.54) is 16.0 Å². The van der Waals surface area contributed by atoms with Gasteiger partial charge in [-0.1, -0.05) is 30.3 Å². The first-order chi connectivity index (χ1) is 17.2. The van der Waals surface area contributed by atoms with Gasteiger partial charge in [0.15, 0.2) is 5.76 Å². The number of benzene rings is 1. The molecule has 3 heterocycles. The topological polar surface area (TPSA) is 77.5 Å². The van der Waals surface area contributed by atoms with Gasteiger partial charge in [0, 0.05) is 43.0 Å². The third-order valence-electron chi connectivity index (χ3n) is 6.42. The van der Waals surface area contributed by atoms with Gasteiger partial charge in [0.05, 0.1) is 26.4 Å². The SMILES string of the molecule is CCO[C@H]1OC(C(=O)N2CCc3ccccc3C2)=C[C@@H](c2cccs2)[C@H]1CCOCCOCCO. The maximum Gasteiger partial charge on any atom is 0.289 e. The van der Waals surface area contributed by atoms with Crippen molar-refractivity contribution >= 4 is 17.2 Å². The summed E-state index contributed by atoms with van der Waals surface area (Å²) in [6.45, 7) is 5.47. The zero-order chi connectivity index (χ0) is 24.5. The van der Waals surface area contributed by atoms with E-state index in [4.69, 9.17) is 24.1 Å². The monoisotopic (exact) mass is 501 g/mol. The van der Waals surface area contributed by atoms with Gasteiger partial charge in [-0.3, -0.25) is 4.79 Å². The summed E-state index contributed by atoms with van der Waals surface area (Å²) in [6.07, 6.45) is 3.03. The predicted octanol–water partition coefficient (Wildman–Crippen LogP) is 3.73. The molecule has 2 aliphatic heterocycles. The Balaban J connectivity index is 1.47. The Bertz CT molecular complexity index is 962. The van der Waals surface area contributed by atoms with E-state index in [1.54, 1.807) is 11.3 Å². The van der Waals surface area contributed by atoms with E-state index in [1.807, 2.05) is 36.1 Å². The van der Waals surface area contributed by atoms with Crippen molar-refractivity contribution in [1.29, 1.82) is 0 Å². The number of rotatable bonds is 12. The number of hydrogen-bond acceptors (Lipinski definition) is 7. The molecule has 1 aromatic carbocycles. The highest BCUT2D eigenvalue weighted by molar-refractivity contribution is 7.10. The van der Waals surface area contributed by atoms with E-state index >= 15 is 0 Å². The molecule has 4 rings (SSSR count). The summed E-state index contributed by atoms with van der Waals surface area (Å²) in [7, 11) is 0. The molecular weight excluding hydrogens is 466 g/mol. The Morgan fingerprint density at radius 1 is 1.11 bits per heavy atom. The van der Waals surface area contributed by atoms with Crippen molar-refractivity contribution in [2.45, 2.75) is 38.5 Å². The molecule has 0 spiro atoms. The van der Waals surface area contributed by atoms with Crippen molar-refractivity contribution in [2.75, 3.05) is 46.2 Å². The molecule has 2 aromatic rings. The van der Waals surface area contributed by atoms with Crippen LogP contribution in [-0.4, -0.2) is 68.4 Å². The van der Waals surface area contributed by atoms with Crippen LogP contribution in [0.15, 0.2) is 53.6 Å². The van der Waals surface area contributed by atoms with E-state index in [0.29, 0.717) is 51.9 Å². The van der Waals surface area contributed by atoms with Crippen molar-refractivity contribution in [3.63, 3.8) is 0 Å². The number of hydrogen-bond donors (Lipinski definition) is 1. The minimum atomic E-state index is -0.526. The second-order valence-electron chi connectivity index (χ2n) is 8.66. The van der Waals surface area contributed by atoms with Crippen LogP contribution in [-0.2, 0) is 36.7 Å². The highest BCUT2D eigenvalue weighted by atomic mass is 32.1. The van der Waals surface area contributed by atoms with E-state index < -0.39 is 6.29 Å². The molecule has 1 amide bonds. The lowest BCUT2D eigenvalue weighted by Gasteiger charge is -2.38. The minimum absolute atomic E-state index is 0.00515. The van der Waals surface area contributed by atoms with E-state index in [-0.39, 0.29) is 24.3 Å². The molecule has 35 heavy (non-hydrogen) atoms. The van der Waals surface area contributed by atoms with Gasteiger partial charge in [0.2, 0.25) is 6.29 Å². The van der Waals surface area contributed by atoms with Crippen LogP contribution < -0.4 is 0 Å². The van der Waals surface area contributed by atoms with Gasteiger partial charge in [-0.25, -0.2) is 0 Å². The first-order valence-corrected chi connectivity index (χ1v) is 13.2. The van der Waals surface area contributed by atoms with Crippen LogP contribution in [0.5, 0.6) is 0 Å². The van der Waals surface area contributed by atoms with Gasteiger partial charge in [-0.15, -0.1) is 11.3 Å². The van der Waals surface area contributed by atoms with E-state index in [2.05, 4.69) is 23.6 Å². The summed E-state index contributed by atoms with van der Waals surface area (Å²) < 4.78 is 23.3. The number of thiophene rings is 1. The standard InChI is InChI=1S/C27H35NO6S/c1-2-33-27-22(10-13-31-15-16-32-14-12-29)23(25-8-5-17-35-25)18-24(34-27)26(30)28-11-9-20-6-3-4-7-21(20)19-28/h3-8,17-18,22-23,27,29H,2,9-16,19H2,1H3/t22-,23-,27+/m1/s1. The molecule has 0 unspecified atom stereocenters.